The number of nitrogens with zero attached hydrogens (tertiary/aromatic N) is 1. The average Bonchev–Trinajstić information content (AvgIpc) is 2.86. The SMILES string of the molecule is CCCCCCCCC(=O)NN=C(C)c1ccc(Br)s1. The maximum absolute atomic E-state index is 11.6. The van der Waals surface area contributed by atoms with Crippen molar-refractivity contribution in [3.63, 3.8) is 0 Å². The Kier molecular flexibility index (Phi) is 8.78. The highest BCUT2D eigenvalue weighted by Crippen LogP contribution is 2.22. The molecule has 5 heteroatoms. The van der Waals surface area contributed by atoms with Crippen molar-refractivity contribution in [3.8, 4) is 0 Å². The molecule has 0 aliphatic carbocycles. The zero-order valence-corrected chi connectivity index (χ0v) is 14.6. The minimum Gasteiger partial charge on any atom is -0.273 e. The van der Waals surface area contributed by atoms with Gasteiger partial charge in [-0.25, -0.2) is 5.43 Å². The van der Waals surface area contributed by atoms with E-state index >= 15 is 0 Å². The van der Waals surface area contributed by atoms with Crippen molar-refractivity contribution in [1.82, 2.24) is 5.43 Å². The number of rotatable bonds is 9. The first-order valence-corrected chi connectivity index (χ1v) is 8.83. The smallest absolute Gasteiger partial charge is 0.240 e. The number of nitrogens with one attached hydrogen (secondary N) is 1. The van der Waals surface area contributed by atoms with Crippen LogP contribution in [-0.4, -0.2) is 11.6 Å². The first-order chi connectivity index (χ1) is 9.63. The van der Waals surface area contributed by atoms with Crippen molar-refractivity contribution in [2.75, 3.05) is 0 Å². The average molecular weight is 359 g/mol. The molecule has 0 atom stereocenters. The van der Waals surface area contributed by atoms with Gasteiger partial charge in [-0.05, 0) is 41.4 Å². The van der Waals surface area contributed by atoms with Crippen molar-refractivity contribution in [1.29, 1.82) is 0 Å². The summed E-state index contributed by atoms with van der Waals surface area (Å²) in [4.78, 5) is 12.7. The van der Waals surface area contributed by atoms with E-state index in [1.807, 2.05) is 19.1 Å². The maximum Gasteiger partial charge on any atom is 0.240 e. The molecular formula is C15H23BrN2OS. The highest BCUT2D eigenvalue weighted by molar-refractivity contribution is 9.11. The van der Waals surface area contributed by atoms with E-state index in [4.69, 9.17) is 0 Å². The van der Waals surface area contributed by atoms with E-state index in [2.05, 4.69) is 33.4 Å². The molecule has 20 heavy (non-hydrogen) atoms. The van der Waals surface area contributed by atoms with Crippen molar-refractivity contribution >= 4 is 38.9 Å². The van der Waals surface area contributed by atoms with E-state index in [-0.39, 0.29) is 5.91 Å². The summed E-state index contributed by atoms with van der Waals surface area (Å²) in [5, 5.41) is 4.14. The highest BCUT2D eigenvalue weighted by atomic mass is 79.9. The van der Waals surface area contributed by atoms with Gasteiger partial charge in [0.1, 0.15) is 0 Å². The molecule has 0 aliphatic heterocycles. The molecule has 0 aliphatic rings. The first-order valence-electron chi connectivity index (χ1n) is 7.22. The van der Waals surface area contributed by atoms with Crippen LogP contribution in [0.15, 0.2) is 21.0 Å². The summed E-state index contributed by atoms with van der Waals surface area (Å²) in [5.41, 5.74) is 3.48. The summed E-state index contributed by atoms with van der Waals surface area (Å²) in [5.74, 6) is 0.00969. The van der Waals surface area contributed by atoms with E-state index in [0.717, 1.165) is 27.2 Å². The number of carbonyl (C=O) groups is 1. The number of hydrazone groups is 1. The fraction of sp³-hybridized carbons (Fsp3) is 0.600. The third kappa shape index (κ3) is 7.20. The molecule has 1 amide bonds. The Bertz CT molecular complexity index is 443. The molecule has 1 aromatic rings. The summed E-state index contributed by atoms with van der Waals surface area (Å²) in [6.45, 7) is 4.11. The van der Waals surface area contributed by atoms with Crippen molar-refractivity contribution < 1.29 is 4.79 Å². The zero-order chi connectivity index (χ0) is 14.8. The second kappa shape index (κ2) is 10.1. The van der Waals surface area contributed by atoms with Crippen LogP contribution in [0.3, 0.4) is 0 Å². The minimum absolute atomic E-state index is 0.00969. The number of hydrogen-bond donors (Lipinski definition) is 1. The monoisotopic (exact) mass is 358 g/mol. The predicted octanol–water partition coefficient (Wildman–Crippen LogP) is 5.10. The molecule has 0 saturated heterocycles. The molecule has 0 unspecified atom stereocenters. The molecule has 112 valence electrons. The Labute approximate surface area is 134 Å². The number of unbranched alkanes of at least 4 members (excludes halogenated alkanes) is 5. The normalized spacial score (nSPS) is 11.7. The van der Waals surface area contributed by atoms with E-state index in [1.54, 1.807) is 11.3 Å². The molecule has 0 spiro atoms. The molecule has 1 aromatic heterocycles. The largest absolute Gasteiger partial charge is 0.273 e. The van der Waals surface area contributed by atoms with Gasteiger partial charge in [0.2, 0.25) is 5.91 Å². The molecule has 0 aromatic carbocycles. The third-order valence-corrected chi connectivity index (χ3v) is 4.77. The van der Waals surface area contributed by atoms with Gasteiger partial charge >= 0.3 is 0 Å². The fourth-order valence-electron chi connectivity index (χ4n) is 1.83. The van der Waals surface area contributed by atoms with Crippen LogP contribution in [-0.2, 0) is 4.79 Å². The van der Waals surface area contributed by atoms with Crippen molar-refractivity contribution in [2.24, 2.45) is 5.10 Å². The van der Waals surface area contributed by atoms with Gasteiger partial charge in [-0.1, -0.05) is 39.0 Å². The van der Waals surface area contributed by atoms with Crippen LogP contribution in [0.1, 0.15) is 63.7 Å². The van der Waals surface area contributed by atoms with Crippen molar-refractivity contribution in [3.05, 3.63) is 20.8 Å². The number of amides is 1. The second-order valence-corrected chi connectivity index (χ2v) is 7.32. The summed E-state index contributed by atoms with van der Waals surface area (Å²) in [6, 6.07) is 3.98. The topological polar surface area (TPSA) is 41.5 Å². The van der Waals surface area contributed by atoms with Gasteiger partial charge in [0.15, 0.2) is 0 Å². The summed E-state index contributed by atoms with van der Waals surface area (Å²) in [7, 11) is 0. The number of carbonyl (C=O) groups excluding carboxylic acids is 1. The molecule has 0 radical (unpaired) electrons. The first kappa shape index (κ1) is 17.4. The summed E-state index contributed by atoms with van der Waals surface area (Å²) >= 11 is 5.03. The van der Waals surface area contributed by atoms with Gasteiger partial charge in [0.05, 0.1) is 14.4 Å². The zero-order valence-electron chi connectivity index (χ0n) is 12.2. The van der Waals surface area contributed by atoms with Crippen LogP contribution >= 0.6 is 27.3 Å². The molecule has 0 bridgehead atoms. The Balaban J connectivity index is 2.19. The van der Waals surface area contributed by atoms with E-state index < -0.39 is 0 Å². The Morgan fingerprint density at radius 3 is 2.60 bits per heavy atom. The van der Waals surface area contributed by atoms with E-state index in [0.29, 0.717) is 6.42 Å². The lowest BCUT2D eigenvalue weighted by atomic mass is 10.1. The van der Waals surface area contributed by atoms with Gasteiger partial charge in [-0.3, -0.25) is 4.79 Å². The van der Waals surface area contributed by atoms with Gasteiger partial charge in [0, 0.05) is 6.42 Å². The van der Waals surface area contributed by atoms with Crippen LogP contribution in [0.4, 0.5) is 0 Å². The summed E-state index contributed by atoms with van der Waals surface area (Å²) < 4.78 is 1.07. The highest BCUT2D eigenvalue weighted by Gasteiger charge is 2.03. The molecule has 0 saturated carbocycles. The van der Waals surface area contributed by atoms with Crippen LogP contribution < -0.4 is 5.43 Å². The van der Waals surface area contributed by atoms with Crippen LogP contribution in [0.2, 0.25) is 0 Å². The number of hydrogen-bond acceptors (Lipinski definition) is 3. The van der Waals surface area contributed by atoms with Gasteiger partial charge < -0.3 is 0 Å². The molecular weight excluding hydrogens is 336 g/mol. The second-order valence-electron chi connectivity index (χ2n) is 4.85. The van der Waals surface area contributed by atoms with E-state index in [9.17, 15) is 4.79 Å². The maximum atomic E-state index is 11.6. The van der Waals surface area contributed by atoms with Crippen LogP contribution in [0.25, 0.3) is 0 Å². The van der Waals surface area contributed by atoms with Crippen molar-refractivity contribution in [2.45, 2.75) is 58.8 Å². The molecule has 3 nitrogen and oxygen atoms in total. The lowest BCUT2D eigenvalue weighted by molar-refractivity contribution is -0.121. The Morgan fingerprint density at radius 2 is 1.95 bits per heavy atom. The lowest BCUT2D eigenvalue weighted by Gasteiger charge is -2.02. The molecule has 1 heterocycles. The quantitative estimate of drug-likeness (QED) is 0.372. The minimum atomic E-state index is 0.00969. The molecule has 0 fully saturated rings. The van der Waals surface area contributed by atoms with Gasteiger partial charge in [-0.15, -0.1) is 11.3 Å². The van der Waals surface area contributed by atoms with Crippen LogP contribution in [0.5, 0.6) is 0 Å². The Hall–Kier alpha value is -0.680. The fourth-order valence-corrected chi connectivity index (χ4v) is 3.16. The lowest BCUT2D eigenvalue weighted by Crippen LogP contribution is -2.18. The van der Waals surface area contributed by atoms with E-state index in [1.165, 1.54) is 25.7 Å². The summed E-state index contributed by atoms with van der Waals surface area (Å²) in [6.07, 6.45) is 7.72. The predicted molar refractivity (Wildman–Crippen MR) is 90.4 cm³/mol. The Morgan fingerprint density at radius 1 is 1.25 bits per heavy atom. The third-order valence-electron chi connectivity index (χ3n) is 3.04. The van der Waals surface area contributed by atoms with Gasteiger partial charge in [-0.2, -0.15) is 5.10 Å². The number of thiophene rings is 1. The molecule has 1 N–H and O–H groups in total. The number of halogens is 1. The van der Waals surface area contributed by atoms with Crippen LogP contribution in [0, 0.1) is 0 Å². The molecule has 1 rings (SSSR count). The van der Waals surface area contributed by atoms with Gasteiger partial charge in [0.25, 0.3) is 0 Å². The standard InChI is InChI=1S/C15H23BrN2OS/c1-3-4-5-6-7-8-9-15(19)18-17-12(2)13-10-11-14(16)20-13/h10-11H,3-9H2,1-2H3,(H,18,19).